The highest BCUT2D eigenvalue weighted by Crippen LogP contribution is 2.29. The Labute approximate surface area is 215 Å². The van der Waals surface area contributed by atoms with Gasteiger partial charge in [-0.2, -0.15) is 0 Å². The van der Waals surface area contributed by atoms with Gasteiger partial charge in [0.25, 0.3) is 11.5 Å². The first-order chi connectivity index (χ1) is 17.9. The zero-order valence-corrected chi connectivity index (χ0v) is 20.8. The maximum Gasteiger partial charge on any atom is 0.337 e. The lowest BCUT2D eigenvalue weighted by Gasteiger charge is -2.28. The molecule has 3 aromatic rings. The van der Waals surface area contributed by atoms with Gasteiger partial charge in [0, 0.05) is 67.9 Å². The number of morpholine rings is 2. The van der Waals surface area contributed by atoms with Crippen LogP contribution in [-0.4, -0.2) is 79.4 Å². The second-order valence-electron chi connectivity index (χ2n) is 8.85. The van der Waals surface area contributed by atoms with Crippen molar-refractivity contribution < 1.29 is 23.1 Å². The number of amides is 1. The lowest BCUT2D eigenvalue weighted by molar-refractivity contribution is 0.0304. The quantitative estimate of drug-likeness (QED) is 0.481. The molecule has 2 aliphatic heterocycles. The second-order valence-corrected chi connectivity index (χ2v) is 9.29. The molecule has 196 valence electrons. The summed E-state index contributed by atoms with van der Waals surface area (Å²) in [5.74, 6) is -0.470. The number of aromatic nitrogens is 1. The van der Waals surface area contributed by atoms with Crippen molar-refractivity contribution in [1.29, 1.82) is 0 Å². The van der Waals surface area contributed by atoms with E-state index < -0.39 is 22.7 Å². The fourth-order valence-electron chi connectivity index (χ4n) is 4.69. The molecule has 37 heavy (non-hydrogen) atoms. The molecule has 0 saturated carbocycles. The highest BCUT2D eigenvalue weighted by atomic mass is 35.5. The molecule has 1 amide bonds. The van der Waals surface area contributed by atoms with Crippen molar-refractivity contribution >= 4 is 39.6 Å². The molecule has 0 spiro atoms. The van der Waals surface area contributed by atoms with E-state index in [1.165, 1.54) is 16.7 Å². The Morgan fingerprint density at radius 3 is 2.22 bits per heavy atom. The summed E-state index contributed by atoms with van der Waals surface area (Å²) in [7, 11) is 0. The van der Waals surface area contributed by atoms with Crippen LogP contribution in [0.3, 0.4) is 0 Å². The molecule has 12 heteroatoms. The predicted molar refractivity (Wildman–Crippen MR) is 135 cm³/mol. The van der Waals surface area contributed by atoms with Crippen molar-refractivity contribution in [1.82, 2.24) is 14.4 Å². The van der Waals surface area contributed by atoms with Crippen LogP contribution >= 0.6 is 11.6 Å². The topological polar surface area (TPSA) is 124 Å². The Morgan fingerprint density at radius 1 is 0.865 bits per heavy atom. The van der Waals surface area contributed by atoms with Crippen LogP contribution in [0.1, 0.15) is 16.8 Å². The van der Waals surface area contributed by atoms with Crippen LogP contribution in [0.15, 0.2) is 47.5 Å². The van der Waals surface area contributed by atoms with Crippen LogP contribution in [0.2, 0.25) is 5.02 Å². The van der Waals surface area contributed by atoms with Gasteiger partial charge in [-0.25, -0.2) is 9.59 Å². The fraction of sp³-hybridized carbons (Fsp3) is 0.440. The number of carbonyl (C=O) groups is 1. The standard InChI is InChI=1S/C25H26ClN3O8/c26-16-14-17-21-18(15-16)36-19(30)2-3-20(31)37-25(22(21)24(33)28-8-12-35-13-9-28)29(23(17)32)5-1-4-27-6-10-34-11-7-27/h2-3,14-15H,1,4-13H2. The average Bonchev–Trinajstić information content (AvgIpc) is 2.90. The van der Waals surface area contributed by atoms with E-state index >= 15 is 0 Å². The van der Waals surface area contributed by atoms with E-state index in [-0.39, 0.29) is 39.2 Å². The van der Waals surface area contributed by atoms with E-state index in [1.807, 2.05) is 0 Å². The molecular formula is C25H26ClN3O8. The second kappa shape index (κ2) is 11.0. The highest BCUT2D eigenvalue weighted by molar-refractivity contribution is 6.32. The molecule has 1 aromatic carbocycles. The fourth-order valence-corrected chi connectivity index (χ4v) is 4.89. The summed E-state index contributed by atoms with van der Waals surface area (Å²) in [6.07, 6.45) is 0.555. The van der Waals surface area contributed by atoms with Crippen molar-refractivity contribution in [2.24, 2.45) is 0 Å². The molecule has 11 nitrogen and oxygen atoms in total. The third kappa shape index (κ3) is 5.40. The summed E-state index contributed by atoms with van der Waals surface area (Å²) in [4.78, 5) is 56.4. The lowest BCUT2D eigenvalue weighted by Crippen LogP contribution is -2.41. The van der Waals surface area contributed by atoms with Gasteiger partial charge in [-0.05, 0) is 12.5 Å². The number of carbonyl (C=O) groups excluding carboxylic acids is 1. The van der Waals surface area contributed by atoms with E-state index in [9.17, 15) is 19.2 Å². The van der Waals surface area contributed by atoms with E-state index in [2.05, 4.69) is 4.90 Å². The number of ether oxygens (including phenoxy) is 2. The molecule has 0 unspecified atom stereocenters. The summed E-state index contributed by atoms with van der Waals surface area (Å²) < 4.78 is 23.1. The van der Waals surface area contributed by atoms with E-state index in [1.54, 1.807) is 4.90 Å². The maximum atomic E-state index is 13.9. The summed E-state index contributed by atoms with van der Waals surface area (Å²) in [5.41, 5.74) is -2.58. The van der Waals surface area contributed by atoms with Crippen LogP contribution in [0.5, 0.6) is 0 Å². The Kier molecular flexibility index (Phi) is 7.56. The van der Waals surface area contributed by atoms with Gasteiger partial charge in [-0.3, -0.25) is 19.1 Å². The predicted octanol–water partition coefficient (Wildman–Crippen LogP) is 1.47. The molecule has 2 aliphatic rings. The van der Waals surface area contributed by atoms with E-state index in [0.29, 0.717) is 52.5 Å². The van der Waals surface area contributed by atoms with Gasteiger partial charge in [-0.1, -0.05) is 11.6 Å². The average molecular weight is 532 g/mol. The van der Waals surface area contributed by atoms with E-state index in [4.69, 9.17) is 29.9 Å². The minimum absolute atomic E-state index is 0.0361. The molecular weight excluding hydrogens is 506 g/mol. The van der Waals surface area contributed by atoms with Crippen molar-refractivity contribution in [3.63, 3.8) is 0 Å². The molecule has 0 N–H and O–H groups in total. The van der Waals surface area contributed by atoms with Gasteiger partial charge in [-0.15, -0.1) is 0 Å². The van der Waals surface area contributed by atoms with Crippen LogP contribution < -0.4 is 16.8 Å². The monoisotopic (exact) mass is 531 g/mol. The molecule has 0 aliphatic carbocycles. The van der Waals surface area contributed by atoms with Crippen molar-refractivity contribution in [3.8, 4) is 0 Å². The van der Waals surface area contributed by atoms with Crippen LogP contribution in [0.25, 0.3) is 22.1 Å². The van der Waals surface area contributed by atoms with Crippen LogP contribution in [0.4, 0.5) is 0 Å². The third-order valence-corrected chi connectivity index (χ3v) is 6.70. The largest absolute Gasteiger partial charge is 0.423 e. The first-order valence-electron chi connectivity index (χ1n) is 12.1. The van der Waals surface area contributed by atoms with Gasteiger partial charge in [0.1, 0.15) is 11.1 Å². The molecule has 4 heterocycles. The number of fused-ring (bicyclic) bond motifs is 1. The smallest absolute Gasteiger partial charge is 0.337 e. The number of aryl methyl sites for hydroxylation is 1. The molecule has 2 aromatic heterocycles. The molecule has 2 bridgehead atoms. The van der Waals surface area contributed by atoms with Gasteiger partial charge in [0.05, 0.1) is 31.8 Å². The van der Waals surface area contributed by atoms with Crippen LogP contribution in [0, 0.1) is 0 Å². The van der Waals surface area contributed by atoms with Gasteiger partial charge < -0.3 is 23.2 Å². The first kappa shape index (κ1) is 25.4. The summed E-state index contributed by atoms with van der Waals surface area (Å²) in [5, 5.41) is 0.312. The molecule has 2 fully saturated rings. The van der Waals surface area contributed by atoms with Crippen molar-refractivity contribution in [2.75, 3.05) is 59.2 Å². The summed E-state index contributed by atoms with van der Waals surface area (Å²) >= 11 is 6.30. The number of hydrogen-bond acceptors (Lipinski definition) is 9. The first-order valence-corrected chi connectivity index (χ1v) is 12.5. The normalized spacial score (nSPS) is 16.8. The molecule has 0 radical (unpaired) electrons. The zero-order valence-electron chi connectivity index (χ0n) is 20.1. The van der Waals surface area contributed by atoms with Crippen molar-refractivity contribution in [2.45, 2.75) is 13.0 Å². The van der Waals surface area contributed by atoms with Crippen molar-refractivity contribution in [3.05, 3.63) is 66.0 Å². The van der Waals surface area contributed by atoms with Gasteiger partial charge in [0.15, 0.2) is 0 Å². The Bertz CT molecular complexity index is 1530. The maximum absolute atomic E-state index is 13.9. The minimum atomic E-state index is -0.911. The SMILES string of the molecule is O=C(c1c2c3cc(Cl)cc2c(=O)n(CCCN2CCOCC2)c1oc(=O)ccc(=O)o3)N1CCOCC1. The summed E-state index contributed by atoms with van der Waals surface area (Å²) in [6, 6.07) is 4.61. The number of rotatable bonds is 5. The Morgan fingerprint density at radius 2 is 1.51 bits per heavy atom. The zero-order chi connectivity index (χ0) is 25.9. The number of benzene rings is 1. The summed E-state index contributed by atoms with van der Waals surface area (Å²) in [6.45, 7) is 5.03. The number of pyridine rings is 1. The number of halogens is 1. The highest BCUT2D eigenvalue weighted by Gasteiger charge is 2.28. The third-order valence-electron chi connectivity index (χ3n) is 6.49. The van der Waals surface area contributed by atoms with Gasteiger partial charge >= 0.3 is 11.3 Å². The van der Waals surface area contributed by atoms with Crippen LogP contribution in [-0.2, 0) is 16.0 Å². The number of nitrogens with zero attached hydrogens (tertiary/aromatic N) is 3. The minimum Gasteiger partial charge on any atom is -0.423 e. The van der Waals surface area contributed by atoms with E-state index in [0.717, 1.165) is 25.2 Å². The molecule has 5 rings (SSSR count). The van der Waals surface area contributed by atoms with Gasteiger partial charge in [0.2, 0.25) is 5.71 Å². The Hall–Kier alpha value is -3.25. The molecule has 2 saturated heterocycles. The Balaban J connectivity index is 1.77. The molecule has 0 atom stereocenters. The number of hydrogen-bond donors (Lipinski definition) is 0. The lowest BCUT2D eigenvalue weighted by atomic mass is 10.0.